The molecule has 1 aliphatic rings. The molecule has 0 atom stereocenters. The summed E-state index contributed by atoms with van der Waals surface area (Å²) in [5.74, 6) is 0. The van der Waals surface area contributed by atoms with Crippen LogP contribution in [0, 0.1) is 0 Å². The number of fused-ring (bicyclic) bond motifs is 1. The van der Waals surface area contributed by atoms with E-state index in [4.69, 9.17) is 0 Å². The summed E-state index contributed by atoms with van der Waals surface area (Å²) in [6, 6.07) is 7.97. The van der Waals surface area contributed by atoms with E-state index in [9.17, 15) is 0 Å². The first kappa shape index (κ1) is 9.28. The summed E-state index contributed by atoms with van der Waals surface area (Å²) in [4.78, 5) is 9.06. The van der Waals surface area contributed by atoms with Gasteiger partial charge in [-0.05, 0) is 30.5 Å². The molecule has 1 aliphatic carbocycles. The zero-order valence-electron chi connectivity index (χ0n) is 8.93. The number of allylic oxidation sites excluding steroid dienone is 4. The minimum absolute atomic E-state index is 0.957. The number of para-hydroxylation sites is 2. The van der Waals surface area contributed by atoms with Gasteiger partial charge in [0.1, 0.15) is 0 Å². The summed E-state index contributed by atoms with van der Waals surface area (Å²) >= 11 is 0. The Hall–Kier alpha value is -1.96. The largest absolute Gasteiger partial charge is 0.252 e. The second kappa shape index (κ2) is 3.89. The average Bonchev–Trinajstić information content (AvgIpc) is 2.39. The number of hydrogen-bond donors (Lipinski definition) is 0. The smallest absolute Gasteiger partial charge is 0.0894 e. The molecule has 0 unspecified atom stereocenters. The quantitative estimate of drug-likeness (QED) is 0.718. The second-order valence-electron chi connectivity index (χ2n) is 3.90. The Bertz CT molecular complexity index is 582. The fourth-order valence-corrected chi connectivity index (χ4v) is 1.93. The minimum atomic E-state index is 0.957. The highest BCUT2D eigenvalue weighted by Crippen LogP contribution is 2.22. The molecule has 0 bridgehead atoms. The Morgan fingerprint density at radius 2 is 1.94 bits per heavy atom. The first-order valence-corrected chi connectivity index (χ1v) is 5.51. The Morgan fingerprint density at radius 3 is 2.75 bits per heavy atom. The van der Waals surface area contributed by atoms with Crippen LogP contribution < -0.4 is 0 Å². The highest BCUT2D eigenvalue weighted by atomic mass is 14.8. The first-order chi connectivity index (χ1) is 7.93. The van der Waals surface area contributed by atoms with Crippen molar-refractivity contribution in [3.05, 3.63) is 54.4 Å². The van der Waals surface area contributed by atoms with Gasteiger partial charge >= 0.3 is 0 Å². The molecule has 0 aliphatic heterocycles. The van der Waals surface area contributed by atoms with Crippen LogP contribution in [0.2, 0.25) is 0 Å². The van der Waals surface area contributed by atoms with Crippen molar-refractivity contribution in [3.8, 4) is 0 Å². The summed E-state index contributed by atoms with van der Waals surface area (Å²) in [7, 11) is 0. The third-order valence-corrected chi connectivity index (χ3v) is 2.79. The first-order valence-electron chi connectivity index (χ1n) is 5.51. The molecule has 1 aromatic heterocycles. The van der Waals surface area contributed by atoms with E-state index in [0.29, 0.717) is 0 Å². The normalized spacial score (nSPS) is 15.1. The molecule has 0 N–H and O–H groups in total. The predicted molar refractivity (Wildman–Crippen MR) is 65.9 cm³/mol. The van der Waals surface area contributed by atoms with Crippen LogP contribution in [0.1, 0.15) is 18.5 Å². The van der Waals surface area contributed by atoms with E-state index in [0.717, 1.165) is 29.6 Å². The van der Waals surface area contributed by atoms with Crippen molar-refractivity contribution >= 4 is 16.6 Å². The molecule has 1 aromatic carbocycles. The van der Waals surface area contributed by atoms with Crippen LogP contribution in [0.4, 0.5) is 0 Å². The molecule has 0 fully saturated rings. The fourth-order valence-electron chi connectivity index (χ4n) is 1.93. The van der Waals surface area contributed by atoms with Crippen LogP contribution in [-0.4, -0.2) is 9.97 Å². The maximum atomic E-state index is 4.63. The number of nitrogens with zero attached hydrogens (tertiary/aromatic N) is 2. The summed E-state index contributed by atoms with van der Waals surface area (Å²) in [6.45, 7) is 0. The van der Waals surface area contributed by atoms with Gasteiger partial charge in [0.2, 0.25) is 0 Å². The van der Waals surface area contributed by atoms with Gasteiger partial charge in [0.25, 0.3) is 0 Å². The molecule has 0 radical (unpaired) electrons. The molecule has 2 heteroatoms. The van der Waals surface area contributed by atoms with Gasteiger partial charge in [0, 0.05) is 0 Å². The van der Waals surface area contributed by atoms with Crippen LogP contribution in [0.15, 0.2) is 48.7 Å². The Kier molecular flexibility index (Phi) is 2.26. The van der Waals surface area contributed by atoms with Gasteiger partial charge in [-0.25, -0.2) is 4.98 Å². The van der Waals surface area contributed by atoms with Crippen LogP contribution in [0.25, 0.3) is 16.6 Å². The molecule has 3 rings (SSSR count). The standard InChI is InChI=1S/C14H12N2/c1-2-6-11(7-3-1)14-10-15-12-8-4-5-9-13(12)16-14/h1-2,4-6,8-10H,3,7H2. The summed E-state index contributed by atoms with van der Waals surface area (Å²) < 4.78 is 0. The van der Waals surface area contributed by atoms with Gasteiger partial charge in [0.05, 0.1) is 22.9 Å². The van der Waals surface area contributed by atoms with Gasteiger partial charge < -0.3 is 0 Å². The van der Waals surface area contributed by atoms with Gasteiger partial charge in [-0.15, -0.1) is 0 Å². The molecule has 0 spiro atoms. The van der Waals surface area contributed by atoms with E-state index in [1.165, 1.54) is 5.57 Å². The molecule has 0 saturated heterocycles. The molecule has 1 heterocycles. The van der Waals surface area contributed by atoms with Crippen molar-refractivity contribution < 1.29 is 0 Å². The van der Waals surface area contributed by atoms with E-state index >= 15 is 0 Å². The monoisotopic (exact) mass is 208 g/mol. The van der Waals surface area contributed by atoms with E-state index < -0.39 is 0 Å². The highest BCUT2D eigenvalue weighted by molar-refractivity contribution is 5.76. The van der Waals surface area contributed by atoms with Crippen LogP contribution in [0.5, 0.6) is 0 Å². The van der Waals surface area contributed by atoms with Crippen molar-refractivity contribution in [1.29, 1.82) is 0 Å². The van der Waals surface area contributed by atoms with Crippen LogP contribution >= 0.6 is 0 Å². The molecule has 2 nitrogen and oxygen atoms in total. The predicted octanol–water partition coefficient (Wildman–Crippen LogP) is 3.36. The van der Waals surface area contributed by atoms with Gasteiger partial charge in [0.15, 0.2) is 0 Å². The van der Waals surface area contributed by atoms with Gasteiger partial charge in [-0.2, -0.15) is 0 Å². The molecular formula is C14H12N2. The molecule has 2 aromatic rings. The highest BCUT2D eigenvalue weighted by Gasteiger charge is 2.06. The number of hydrogen-bond acceptors (Lipinski definition) is 2. The second-order valence-corrected chi connectivity index (χ2v) is 3.90. The van der Waals surface area contributed by atoms with E-state index in [2.05, 4.69) is 28.2 Å². The lowest BCUT2D eigenvalue weighted by molar-refractivity contribution is 1.04. The van der Waals surface area contributed by atoms with Crippen molar-refractivity contribution in [3.63, 3.8) is 0 Å². The molecule has 78 valence electrons. The Labute approximate surface area is 94.4 Å². The average molecular weight is 208 g/mol. The zero-order chi connectivity index (χ0) is 10.8. The summed E-state index contributed by atoms with van der Waals surface area (Å²) in [5, 5.41) is 0. The molecular weight excluding hydrogens is 196 g/mol. The number of aromatic nitrogens is 2. The minimum Gasteiger partial charge on any atom is -0.252 e. The van der Waals surface area contributed by atoms with Crippen LogP contribution in [0.3, 0.4) is 0 Å². The molecule has 0 saturated carbocycles. The number of benzene rings is 1. The summed E-state index contributed by atoms with van der Waals surface area (Å²) in [6.07, 6.45) is 10.4. The third kappa shape index (κ3) is 1.63. The van der Waals surface area contributed by atoms with Crippen molar-refractivity contribution in [2.24, 2.45) is 0 Å². The Balaban J connectivity index is 2.11. The van der Waals surface area contributed by atoms with E-state index in [1.54, 1.807) is 0 Å². The van der Waals surface area contributed by atoms with Crippen molar-refractivity contribution in [2.45, 2.75) is 12.8 Å². The molecule has 0 amide bonds. The third-order valence-electron chi connectivity index (χ3n) is 2.79. The lowest BCUT2D eigenvalue weighted by atomic mass is 10.0. The van der Waals surface area contributed by atoms with Gasteiger partial charge in [-0.1, -0.05) is 30.4 Å². The lowest BCUT2D eigenvalue weighted by Crippen LogP contribution is -1.94. The molecule has 16 heavy (non-hydrogen) atoms. The topological polar surface area (TPSA) is 25.8 Å². The summed E-state index contributed by atoms with van der Waals surface area (Å²) in [5.41, 5.74) is 4.21. The maximum Gasteiger partial charge on any atom is 0.0894 e. The van der Waals surface area contributed by atoms with Crippen molar-refractivity contribution in [1.82, 2.24) is 9.97 Å². The number of rotatable bonds is 1. The zero-order valence-corrected chi connectivity index (χ0v) is 8.93. The maximum absolute atomic E-state index is 4.63. The van der Waals surface area contributed by atoms with E-state index in [-0.39, 0.29) is 0 Å². The van der Waals surface area contributed by atoms with E-state index in [1.807, 2.05) is 30.5 Å². The SMILES string of the molecule is C1=CCCC(c2cnc3ccccc3n2)=C1. The lowest BCUT2D eigenvalue weighted by Gasteiger charge is -2.08. The Morgan fingerprint density at radius 1 is 1.06 bits per heavy atom. The fraction of sp³-hybridized carbons (Fsp3) is 0.143. The van der Waals surface area contributed by atoms with Crippen molar-refractivity contribution in [2.75, 3.05) is 0 Å². The van der Waals surface area contributed by atoms with Gasteiger partial charge in [-0.3, -0.25) is 4.98 Å². The van der Waals surface area contributed by atoms with Crippen LogP contribution in [-0.2, 0) is 0 Å².